The molecule has 2 aromatic rings. The molecule has 1 aliphatic rings. The SMILES string of the molecule is CC(C)c1ccc(CN2N=C(CCCc3ccc(OC(C)(C)C(=O)O)cc3)C(C)(C)C2=O)cc1. The van der Waals surface area contributed by atoms with Gasteiger partial charge in [-0.3, -0.25) is 4.79 Å². The fraction of sp³-hybridized carbons (Fsp3) is 0.464. The van der Waals surface area contributed by atoms with Gasteiger partial charge < -0.3 is 9.84 Å². The molecule has 1 heterocycles. The number of aryl methyl sites for hydroxylation is 1. The Morgan fingerprint density at radius 3 is 2.18 bits per heavy atom. The van der Waals surface area contributed by atoms with E-state index in [-0.39, 0.29) is 5.91 Å². The average Bonchev–Trinajstić information content (AvgIpc) is 2.98. The van der Waals surface area contributed by atoms with Crippen LogP contribution in [0.15, 0.2) is 53.6 Å². The molecule has 0 aromatic heterocycles. The van der Waals surface area contributed by atoms with Gasteiger partial charge in [0.15, 0.2) is 5.60 Å². The van der Waals surface area contributed by atoms with Gasteiger partial charge >= 0.3 is 5.97 Å². The van der Waals surface area contributed by atoms with Crippen molar-refractivity contribution in [3.05, 3.63) is 65.2 Å². The summed E-state index contributed by atoms with van der Waals surface area (Å²) >= 11 is 0. The van der Waals surface area contributed by atoms with Gasteiger partial charge in [-0.2, -0.15) is 5.10 Å². The molecule has 0 atom stereocenters. The van der Waals surface area contributed by atoms with Crippen molar-refractivity contribution in [2.24, 2.45) is 10.5 Å². The van der Waals surface area contributed by atoms with Crippen molar-refractivity contribution < 1.29 is 19.4 Å². The Morgan fingerprint density at radius 2 is 1.62 bits per heavy atom. The smallest absolute Gasteiger partial charge is 0.347 e. The lowest BCUT2D eigenvalue weighted by molar-refractivity contribution is -0.152. The van der Waals surface area contributed by atoms with E-state index in [1.165, 1.54) is 19.4 Å². The van der Waals surface area contributed by atoms with Crippen molar-refractivity contribution >= 4 is 17.6 Å². The number of aliphatic carboxylic acids is 1. The van der Waals surface area contributed by atoms with Crippen LogP contribution >= 0.6 is 0 Å². The third kappa shape index (κ3) is 5.85. The number of carboxylic acids is 1. The molecule has 34 heavy (non-hydrogen) atoms. The van der Waals surface area contributed by atoms with Crippen molar-refractivity contribution in [3.63, 3.8) is 0 Å². The van der Waals surface area contributed by atoms with Crippen LogP contribution in [-0.4, -0.2) is 33.3 Å². The molecule has 1 amide bonds. The Kier molecular flexibility index (Phi) is 7.49. The molecule has 0 unspecified atom stereocenters. The van der Waals surface area contributed by atoms with Crippen LogP contribution in [0.5, 0.6) is 5.75 Å². The Morgan fingerprint density at radius 1 is 1.03 bits per heavy atom. The van der Waals surface area contributed by atoms with Gasteiger partial charge in [0.2, 0.25) is 0 Å². The first-order valence-corrected chi connectivity index (χ1v) is 11.9. The first-order chi connectivity index (χ1) is 15.9. The van der Waals surface area contributed by atoms with Crippen molar-refractivity contribution in [1.82, 2.24) is 5.01 Å². The summed E-state index contributed by atoms with van der Waals surface area (Å²) in [6.07, 6.45) is 2.45. The van der Waals surface area contributed by atoms with Crippen molar-refractivity contribution in [2.75, 3.05) is 0 Å². The Bertz CT molecular complexity index is 1050. The standard InChI is InChI=1S/C28H36N2O4/c1-19(2)22-14-10-21(11-15-22)18-30-25(31)27(3,4)24(29-30)9-7-8-20-12-16-23(17-13-20)34-28(5,6)26(32)33/h10-17,19H,7-9,18H2,1-6H3,(H,32,33). The maximum atomic E-state index is 13.0. The minimum Gasteiger partial charge on any atom is -0.478 e. The molecule has 0 spiro atoms. The highest BCUT2D eigenvalue weighted by molar-refractivity contribution is 6.11. The summed E-state index contributed by atoms with van der Waals surface area (Å²) in [7, 11) is 0. The maximum absolute atomic E-state index is 13.0. The number of rotatable bonds is 10. The topological polar surface area (TPSA) is 79.2 Å². The van der Waals surface area contributed by atoms with Crippen LogP contribution < -0.4 is 4.74 Å². The third-order valence-corrected chi connectivity index (χ3v) is 6.40. The highest BCUT2D eigenvalue weighted by atomic mass is 16.5. The largest absolute Gasteiger partial charge is 0.478 e. The highest BCUT2D eigenvalue weighted by Gasteiger charge is 2.42. The number of carbonyl (C=O) groups is 2. The second kappa shape index (κ2) is 10.00. The quantitative estimate of drug-likeness (QED) is 0.482. The van der Waals surface area contributed by atoms with Crippen LogP contribution in [0.4, 0.5) is 0 Å². The van der Waals surface area contributed by atoms with E-state index < -0.39 is 17.0 Å². The molecule has 3 rings (SSSR count). The lowest BCUT2D eigenvalue weighted by Gasteiger charge is -2.21. The number of hydrogen-bond acceptors (Lipinski definition) is 4. The van der Waals surface area contributed by atoms with Gasteiger partial charge in [0.05, 0.1) is 17.7 Å². The van der Waals surface area contributed by atoms with Gasteiger partial charge in [0, 0.05) is 0 Å². The first-order valence-electron chi connectivity index (χ1n) is 11.9. The minimum absolute atomic E-state index is 0.0398. The monoisotopic (exact) mass is 464 g/mol. The van der Waals surface area contributed by atoms with Crippen LogP contribution in [0.3, 0.4) is 0 Å². The fourth-order valence-electron chi connectivity index (χ4n) is 3.94. The summed E-state index contributed by atoms with van der Waals surface area (Å²) in [5, 5.41) is 15.5. The van der Waals surface area contributed by atoms with Gasteiger partial charge in [0.1, 0.15) is 5.75 Å². The summed E-state index contributed by atoms with van der Waals surface area (Å²) in [6, 6.07) is 15.9. The molecule has 0 saturated carbocycles. The van der Waals surface area contributed by atoms with Gasteiger partial charge in [-0.05, 0) is 81.7 Å². The fourth-order valence-corrected chi connectivity index (χ4v) is 3.94. The second-order valence-electron chi connectivity index (χ2n) is 10.3. The van der Waals surface area contributed by atoms with E-state index in [0.717, 1.165) is 36.1 Å². The number of carbonyl (C=O) groups excluding carboxylic acids is 1. The Balaban J connectivity index is 1.58. The molecular formula is C28H36N2O4. The summed E-state index contributed by atoms with van der Waals surface area (Å²) in [5.74, 6) is 0.0390. The third-order valence-electron chi connectivity index (χ3n) is 6.40. The van der Waals surface area contributed by atoms with E-state index in [4.69, 9.17) is 9.84 Å². The number of hydrazone groups is 1. The van der Waals surface area contributed by atoms with Gasteiger partial charge in [-0.15, -0.1) is 0 Å². The van der Waals surface area contributed by atoms with E-state index in [2.05, 4.69) is 38.1 Å². The predicted molar refractivity (Wildman–Crippen MR) is 134 cm³/mol. The molecule has 182 valence electrons. The number of carboxylic acid groups (broad SMARTS) is 1. The van der Waals surface area contributed by atoms with Gasteiger partial charge in [-0.1, -0.05) is 50.2 Å². The zero-order valence-corrected chi connectivity index (χ0v) is 21.1. The molecule has 0 fully saturated rings. The van der Waals surface area contributed by atoms with E-state index in [1.54, 1.807) is 17.1 Å². The molecule has 6 nitrogen and oxygen atoms in total. The van der Waals surface area contributed by atoms with Gasteiger partial charge in [0.25, 0.3) is 5.91 Å². The summed E-state index contributed by atoms with van der Waals surface area (Å²) in [5.41, 5.74) is 2.53. The van der Waals surface area contributed by atoms with Crippen LogP contribution in [0, 0.1) is 5.41 Å². The normalized spacial score (nSPS) is 15.6. The molecular weight excluding hydrogens is 428 g/mol. The molecule has 0 saturated heterocycles. The number of ether oxygens (including phenoxy) is 1. The van der Waals surface area contributed by atoms with Crippen LogP contribution in [0.1, 0.15) is 77.0 Å². The first kappa shape index (κ1) is 25.5. The van der Waals surface area contributed by atoms with Crippen molar-refractivity contribution in [3.8, 4) is 5.75 Å². The molecule has 0 aliphatic carbocycles. The average molecular weight is 465 g/mol. The summed E-state index contributed by atoms with van der Waals surface area (Å²) in [6.45, 7) is 11.8. The minimum atomic E-state index is -1.28. The summed E-state index contributed by atoms with van der Waals surface area (Å²) < 4.78 is 5.56. The number of amides is 1. The van der Waals surface area contributed by atoms with Crippen LogP contribution in [-0.2, 0) is 22.6 Å². The molecule has 1 aliphatic heterocycles. The molecule has 2 aromatic carbocycles. The molecule has 0 bridgehead atoms. The van der Waals surface area contributed by atoms with E-state index in [9.17, 15) is 14.7 Å². The Labute approximate surface area is 202 Å². The molecule has 0 radical (unpaired) electrons. The second-order valence-corrected chi connectivity index (χ2v) is 10.3. The molecule has 1 N–H and O–H groups in total. The summed E-state index contributed by atoms with van der Waals surface area (Å²) in [4.78, 5) is 24.2. The number of nitrogens with zero attached hydrogens (tertiary/aromatic N) is 2. The lowest BCUT2D eigenvalue weighted by Crippen LogP contribution is -2.37. The zero-order chi connectivity index (χ0) is 25.1. The van der Waals surface area contributed by atoms with E-state index >= 15 is 0 Å². The highest BCUT2D eigenvalue weighted by Crippen LogP contribution is 2.32. The maximum Gasteiger partial charge on any atom is 0.347 e. The van der Waals surface area contributed by atoms with E-state index in [1.807, 2.05) is 26.0 Å². The van der Waals surface area contributed by atoms with Crippen molar-refractivity contribution in [2.45, 2.75) is 78.9 Å². The lowest BCUT2D eigenvalue weighted by atomic mass is 9.84. The number of benzene rings is 2. The van der Waals surface area contributed by atoms with E-state index in [0.29, 0.717) is 18.2 Å². The van der Waals surface area contributed by atoms with Crippen LogP contribution in [0.2, 0.25) is 0 Å². The Hall–Kier alpha value is -3.15. The molecule has 6 heteroatoms. The predicted octanol–water partition coefficient (Wildman–Crippen LogP) is 5.80. The van der Waals surface area contributed by atoms with Crippen molar-refractivity contribution in [1.29, 1.82) is 0 Å². The number of hydrogen-bond donors (Lipinski definition) is 1. The van der Waals surface area contributed by atoms with Gasteiger partial charge in [-0.25, -0.2) is 9.80 Å². The van der Waals surface area contributed by atoms with Crippen LogP contribution in [0.25, 0.3) is 0 Å². The zero-order valence-electron chi connectivity index (χ0n) is 21.1.